The smallest absolute Gasteiger partial charge is 0.167 e. The van der Waals surface area contributed by atoms with Gasteiger partial charge in [-0.05, 0) is 67.1 Å². The normalized spacial score (nSPS) is 51.6. The Labute approximate surface area is 136 Å². The summed E-state index contributed by atoms with van der Waals surface area (Å²) in [6, 6.07) is 0. The first-order chi connectivity index (χ1) is 10.2. The van der Waals surface area contributed by atoms with E-state index in [1.54, 1.807) is 0 Å². The fraction of sp³-hybridized carbons (Fsp3) is 0.950. The molecule has 0 saturated heterocycles. The van der Waals surface area contributed by atoms with E-state index in [1.807, 2.05) is 0 Å². The van der Waals surface area contributed by atoms with Crippen molar-refractivity contribution in [2.75, 3.05) is 0 Å². The van der Waals surface area contributed by atoms with Crippen LogP contribution in [-0.4, -0.2) is 17.0 Å². The average molecular weight is 306 g/mol. The summed E-state index contributed by atoms with van der Waals surface area (Å²) in [7, 11) is 0. The standard InChI is InChI=1S/C20H34O2/c1-12-6-7-14-11-16-13(2)10-17(21)18(22)20(16,5)9-8-15(12)19(14,3)4/h12-17,21H,6-11H2,1-5H3/t12-,13-,14+,15+,16-,17?,20+/m1/s1. The van der Waals surface area contributed by atoms with E-state index in [1.165, 1.54) is 19.3 Å². The number of fused-ring (bicyclic) bond motifs is 3. The minimum Gasteiger partial charge on any atom is -0.385 e. The van der Waals surface area contributed by atoms with Crippen LogP contribution in [0.4, 0.5) is 0 Å². The molecule has 3 saturated carbocycles. The number of hydrogen-bond donors (Lipinski definition) is 1. The molecule has 0 aromatic rings. The lowest BCUT2D eigenvalue weighted by Crippen LogP contribution is -2.54. The summed E-state index contributed by atoms with van der Waals surface area (Å²) >= 11 is 0. The molecule has 0 aromatic heterocycles. The Balaban J connectivity index is 1.97. The van der Waals surface area contributed by atoms with E-state index < -0.39 is 6.10 Å². The average Bonchev–Trinajstić information content (AvgIpc) is 2.42. The van der Waals surface area contributed by atoms with Crippen LogP contribution >= 0.6 is 0 Å². The summed E-state index contributed by atoms with van der Waals surface area (Å²) < 4.78 is 0. The molecule has 0 amide bonds. The van der Waals surface area contributed by atoms with Gasteiger partial charge in [0.15, 0.2) is 5.78 Å². The molecule has 7 atom stereocenters. The molecule has 3 aliphatic rings. The number of Topliss-reactive ketones (excluding diaryl/α,β-unsaturated/α-hetero) is 1. The maximum absolute atomic E-state index is 12.8. The summed E-state index contributed by atoms with van der Waals surface area (Å²) in [4.78, 5) is 12.8. The summed E-state index contributed by atoms with van der Waals surface area (Å²) in [6.07, 6.45) is 5.94. The molecule has 0 aromatic carbocycles. The summed E-state index contributed by atoms with van der Waals surface area (Å²) in [5, 5.41) is 10.2. The van der Waals surface area contributed by atoms with Gasteiger partial charge in [-0.1, -0.05) is 41.0 Å². The summed E-state index contributed by atoms with van der Waals surface area (Å²) in [6.45, 7) is 11.8. The summed E-state index contributed by atoms with van der Waals surface area (Å²) in [5.74, 6) is 3.30. The Kier molecular flexibility index (Phi) is 3.99. The molecule has 126 valence electrons. The second-order valence-electron chi connectivity index (χ2n) is 9.57. The lowest BCUT2D eigenvalue weighted by atomic mass is 9.48. The van der Waals surface area contributed by atoms with Gasteiger partial charge in [-0.25, -0.2) is 0 Å². The van der Waals surface area contributed by atoms with E-state index in [0.29, 0.717) is 23.7 Å². The van der Waals surface area contributed by atoms with Crippen molar-refractivity contribution >= 4 is 5.78 Å². The minimum atomic E-state index is -0.721. The molecule has 2 nitrogen and oxygen atoms in total. The van der Waals surface area contributed by atoms with Crippen LogP contribution in [0, 0.1) is 40.4 Å². The van der Waals surface area contributed by atoms with Crippen LogP contribution in [0.25, 0.3) is 0 Å². The molecule has 2 heteroatoms. The predicted octanol–water partition coefficient (Wildman–Crippen LogP) is 4.45. The molecular formula is C20H34O2. The van der Waals surface area contributed by atoms with Gasteiger partial charge in [-0.2, -0.15) is 0 Å². The molecule has 0 heterocycles. The van der Waals surface area contributed by atoms with Crippen LogP contribution in [-0.2, 0) is 4.79 Å². The number of aliphatic hydroxyl groups is 1. The molecule has 0 aliphatic heterocycles. The number of hydrogen-bond acceptors (Lipinski definition) is 2. The molecule has 1 N–H and O–H groups in total. The van der Waals surface area contributed by atoms with Crippen molar-refractivity contribution in [1.82, 2.24) is 0 Å². The molecule has 1 unspecified atom stereocenters. The van der Waals surface area contributed by atoms with Crippen molar-refractivity contribution in [3.05, 3.63) is 0 Å². The Hall–Kier alpha value is -0.370. The van der Waals surface area contributed by atoms with E-state index in [-0.39, 0.29) is 11.2 Å². The van der Waals surface area contributed by atoms with Crippen molar-refractivity contribution in [3.8, 4) is 0 Å². The van der Waals surface area contributed by atoms with Crippen molar-refractivity contribution in [2.24, 2.45) is 40.4 Å². The third-order valence-electron chi connectivity index (χ3n) is 8.14. The van der Waals surface area contributed by atoms with Gasteiger partial charge >= 0.3 is 0 Å². The fourth-order valence-electron chi connectivity index (χ4n) is 6.53. The zero-order chi connectivity index (χ0) is 16.3. The van der Waals surface area contributed by atoms with Crippen molar-refractivity contribution in [3.63, 3.8) is 0 Å². The molecule has 22 heavy (non-hydrogen) atoms. The third-order valence-corrected chi connectivity index (χ3v) is 8.14. The highest BCUT2D eigenvalue weighted by molar-refractivity contribution is 5.89. The molecule has 0 spiro atoms. The highest BCUT2D eigenvalue weighted by atomic mass is 16.3. The second-order valence-corrected chi connectivity index (χ2v) is 9.57. The molecular weight excluding hydrogens is 272 g/mol. The van der Waals surface area contributed by atoms with E-state index in [2.05, 4.69) is 34.6 Å². The number of rotatable bonds is 0. The first-order valence-electron chi connectivity index (χ1n) is 9.40. The van der Waals surface area contributed by atoms with Crippen LogP contribution in [0.3, 0.4) is 0 Å². The Morgan fingerprint density at radius 3 is 2.32 bits per heavy atom. The largest absolute Gasteiger partial charge is 0.385 e. The predicted molar refractivity (Wildman–Crippen MR) is 89.4 cm³/mol. The van der Waals surface area contributed by atoms with Gasteiger partial charge in [0.05, 0.1) is 0 Å². The van der Waals surface area contributed by atoms with Gasteiger partial charge in [0.25, 0.3) is 0 Å². The molecule has 2 bridgehead atoms. The molecule has 0 radical (unpaired) electrons. The lowest BCUT2D eigenvalue weighted by molar-refractivity contribution is -0.155. The Bertz CT molecular complexity index is 455. The second kappa shape index (κ2) is 5.33. The zero-order valence-electron chi connectivity index (χ0n) is 15.1. The van der Waals surface area contributed by atoms with Crippen LogP contribution in [0.5, 0.6) is 0 Å². The number of ketones is 1. The van der Waals surface area contributed by atoms with Crippen LogP contribution in [0.2, 0.25) is 0 Å². The van der Waals surface area contributed by atoms with Crippen LogP contribution in [0.15, 0.2) is 0 Å². The highest BCUT2D eigenvalue weighted by Crippen LogP contribution is 2.59. The quantitative estimate of drug-likeness (QED) is 0.718. The van der Waals surface area contributed by atoms with Gasteiger partial charge in [0.2, 0.25) is 0 Å². The van der Waals surface area contributed by atoms with Gasteiger partial charge in [-0.15, -0.1) is 0 Å². The minimum absolute atomic E-state index is 0.140. The highest BCUT2D eigenvalue weighted by Gasteiger charge is 2.55. The van der Waals surface area contributed by atoms with Crippen molar-refractivity contribution in [1.29, 1.82) is 0 Å². The van der Waals surface area contributed by atoms with Crippen molar-refractivity contribution in [2.45, 2.75) is 79.2 Å². The Morgan fingerprint density at radius 1 is 0.955 bits per heavy atom. The first kappa shape index (κ1) is 16.5. The van der Waals surface area contributed by atoms with Gasteiger partial charge in [0.1, 0.15) is 6.10 Å². The van der Waals surface area contributed by atoms with Crippen molar-refractivity contribution < 1.29 is 9.90 Å². The maximum atomic E-state index is 12.8. The van der Waals surface area contributed by atoms with Gasteiger partial charge < -0.3 is 5.11 Å². The van der Waals surface area contributed by atoms with E-state index in [0.717, 1.165) is 30.6 Å². The van der Waals surface area contributed by atoms with Crippen LogP contribution < -0.4 is 0 Å². The number of carbonyl (C=O) groups excluding carboxylic acids is 1. The third kappa shape index (κ3) is 2.28. The van der Waals surface area contributed by atoms with Gasteiger partial charge in [-0.3, -0.25) is 4.79 Å². The monoisotopic (exact) mass is 306 g/mol. The fourth-order valence-corrected chi connectivity index (χ4v) is 6.53. The van der Waals surface area contributed by atoms with E-state index in [9.17, 15) is 9.90 Å². The SMILES string of the molecule is C[C@@H]1CC(O)C(=O)[C@@]2(C)CC[C@H]3[C@H](C)CC[C@@H](C[C@H]12)C3(C)C. The zero-order valence-corrected chi connectivity index (χ0v) is 15.1. The van der Waals surface area contributed by atoms with E-state index in [4.69, 9.17) is 0 Å². The lowest BCUT2D eigenvalue weighted by Gasteiger charge is -2.56. The van der Waals surface area contributed by atoms with Crippen LogP contribution in [0.1, 0.15) is 73.1 Å². The summed E-state index contributed by atoms with van der Waals surface area (Å²) in [5.41, 5.74) is 0.110. The van der Waals surface area contributed by atoms with Gasteiger partial charge in [0, 0.05) is 5.41 Å². The first-order valence-corrected chi connectivity index (χ1v) is 9.40. The Morgan fingerprint density at radius 2 is 1.64 bits per heavy atom. The topological polar surface area (TPSA) is 37.3 Å². The number of aliphatic hydroxyl groups excluding tert-OH is 1. The molecule has 3 aliphatic carbocycles. The van der Waals surface area contributed by atoms with E-state index >= 15 is 0 Å². The number of carbonyl (C=O) groups is 1. The molecule has 3 rings (SSSR count). The maximum Gasteiger partial charge on any atom is 0.167 e. The molecule has 3 fully saturated rings.